The van der Waals surface area contributed by atoms with Crippen LogP contribution in [0, 0.1) is 0 Å². The van der Waals surface area contributed by atoms with Crippen LogP contribution < -0.4 is 0 Å². The predicted octanol–water partition coefficient (Wildman–Crippen LogP) is 1.37. The van der Waals surface area contributed by atoms with Gasteiger partial charge in [0.2, 0.25) is 11.8 Å². The lowest BCUT2D eigenvalue weighted by atomic mass is 10.00. The smallest absolute Gasteiger partial charge is 0.230 e. The van der Waals surface area contributed by atoms with Crippen LogP contribution >= 0.6 is 0 Å². The van der Waals surface area contributed by atoms with Crippen molar-refractivity contribution in [3.63, 3.8) is 0 Å². The summed E-state index contributed by atoms with van der Waals surface area (Å²) in [7, 11) is 0. The first-order chi connectivity index (χ1) is 8.33. The molecule has 1 atom stereocenters. The Labute approximate surface area is 102 Å². The fourth-order valence-corrected chi connectivity index (χ4v) is 2.41. The summed E-state index contributed by atoms with van der Waals surface area (Å²) in [5, 5.41) is 17.1. The topological polar surface area (TPSA) is 62.4 Å². The zero-order chi connectivity index (χ0) is 12.1. The van der Waals surface area contributed by atoms with Gasteiger partial charge in [-0.1, -0.05) is 13.3 Å². The van der Waals surface area contributed by atoms with Crippen molar-refractivity contribution >= 4 is 0 Å². The summed E-state index contributed by atoms with van der Waals surface area (Å²) in [6.45, 7) is 4.05. The fourth-order valence-electron chi connectivity index (χ4n) is 2.41. The first kappa shape index (κ1) is 12.5. The molecule has 2 rings (SSSR count). The molecule has 1 saturated heterocycles. The minimum absolute atomic E-state index is 0.255. The second-order valence-corrected chi connectivity index (χ2v) is 4.58. The Morgan fingerprint density at radius 1 is 1.35 bits per heavy atom. The predicted molar refractivity (Wildman–Crippen MR) is 63.4 cm³/mol. The van der Waals surface area contributed by atoms with E-state index in [2.05, 4.69) is 15.1 Å². The van der Waals surface area contributed by atoms with Gasteiger partial charge in [-0.05, 0) is 25.8 Å². The lowest BCUT2D eigenvalue weighted by Gasteiger charge is -2.34. The number of rotatable bonds is 5. The number of piperidine rings is 1. The molecule has 0 spiro atoms. The molecule has 0 radical (unpaired) electrons. The summed E-state index contributed by atoms with van der Waals surface area (Å²) in [4.78, 5) is 2.35. The standard InChI is InChI=1S/C12H21N3O2/c1-2-11-13-14-12(17-11)9-15-7-4-3-5-10(15)6-8-16/h10,16H,2-9H2,1H3. The third-order valence-corrected chi connectivity index (χ3v) is 3.36. The maximum atomic E-state index is 9.07. The Kier molecular flexibility index (Phi) is 4.50. The third-order valence-electron chi connectivity index (χ3n) is 3.36. The van der Waals surface area contributed by atoms with E-state index < -0.39 is 0 Å². The van der Waals surface area contributed by atoms with Crippen LogP contribution in [0.2, 0.25) is 0 Å². The number of aryl methyl sites for hydroxylation is 1. The van der Waals surface area contributed by atoms with Crippen molar-refractivity contribution in [2.45, 2.75) is 51.6 Å². The number of likely N-dealkylation sites (tertiary alicyclic amines) is 1. The van der Waals surface area contributed by atoms with Crippen LogP contribution in [-0.4, -0.2) is 39.4 Å². The molecule has 1 aromatic rings. The minimum atomic E-state index is 0.255. The van der Waals surface area contributed by atoms with Crippen molar-refractivity contribution in [3.8, 4) is 0 Å². The number of hydrogen-bond acceptors (Lipinski definition) is 5. The van der Waals surface area contributed by atoms with Crippen molar-refractivity contribution in [1.82, 2.24) is 15.1 Å². The number of hydrogen-bond donors (Lipinski definition) is 1. The molecule has 1 aliphatic heterocycles. The van der Waals surface area contributed by atoms with E-state index >= 15 is 0 Å². The molecule has 5 heteroatoms. The fraction of sp³-hybridized carbons (Fsp3) is 0.833. The highest BCUT2D eigenvalue weighted by molar-refractivity contribution is 4.85. The first-order valence-corrected chi connectivity index (χ1v) is 6.49. The van der Waals surface area contributed by atoms with E-state index in [1.807, 2.05) is 6.92 Å². The molecule has 0 bridgehead atoms. The number of aromatic nitrogens is 2. The summed E-state index contributed by atoms with van der Waals surface area (Å²) < 4.78 is 5.54. The Morgan fingerprint density at radius 3 is 2.88 bits per heavy atom. The molecule has 1 N–H and O–H groups in total. The first-order valence-electron chi connectivity index (χ1n) is 6.49. The Balaban J connectivity index is 1.95. The van der Waals surface area contributed by atoms with Crippen LogP contribution in [0.1, 0.15) is 44.4 Å². The van der Waals surface area contributed by atoms with E-state index in [9.17, 15) is 0 Å². The van der Waals surface area contributed by atoms with Gasteiger partial charge in [-0.3, -0.25) is 4.90 Å². The molecule has 96 valence electrons. The summed E-state index contributed by atoms with van der Waals surface area (Å²) in [6.07, 6.45) is 5.26. The van der Waals surface area contributed by atoms with Crippen LogP contribution in [0.3, 0.4) is 0 Å². The molecule has 5 nitrogen and oxygen atoms in total. The van der Waals surface area contributed by atoms with Crippen molar-refractivity contribution < 1.29 is 9.52 Å². The van der Waals surface area contributed by atoms with Crippen LogP contribution in [0.5, 0.6) is 0 Å². The number of aliphatic hydroxyl groups excluding tert-OH is 1. The average molecular weight is 239 g/mol. The second kappa shape index (κ2) is 6.12. The zero-order valence-electron chi connectivity index (χ0n) is 10.4. The molecule has 1 aromatic heterocycles. The van der Waals surface area contributed by atoms with Crippen molar-refractivity contribution in [2.24, 2.45) is 0 Å². The van der Waals surface area contributed by atoms with Crippen molar-refractivity contribution in [2.75, 3.05) is 13.2 Å². The van der Waals surface area contributed by atoms with E-state index in [0.717, 1.165) is 32.4 Å². The SMILES string of the molecule is CCc1nnc(CN2CCCCC2CCO)o1. The number of aliphatic hydroxyl groups is 1. The van der Waals surface area contributed by atoms with E-state index in [0.29, 0.717) is 17.8 Å². The maximum Gasteiger partial charge on any atom is 0.230 e. The zero-order valence-corrected chi connectivity index (χ0v) is 10.4. The highest BCUT2D eigenvalue weighted by atomic mass is 16.4. The molecule has 0 amide bonds. The van der Waals surface area contributed by atoms with Gasteiger partial charge in [-0.25, -0.2) is 0 Å². The van der Waals surface area contributed by atoms with Crippen LogP contribution in [0.15, 0.2) is 4.42 Å². The van der Waals surface area contributed by atoms with Gasteiger partial charge in [0.1, 0.15) is 0 Å². The largest absolute Gasteiger partial charge is 0.424 e. The summed E-state index contributed by atoms with van der Waals surface area (Å²) in [6, 6.07) is 0.464. The van der Waals surface area contributed by atoms with Gasteiger partial charge in [-0.15, -0.1) is 10.2 Å². The third kappa shape index (κ3) is 3.26. The highest BCUT2D eigenvalue weighted by Crippen LogP contribution is 2.21. The molecule has 0 aliphatic carbocycles. The van der Waals surface area contributed by atoms with Crippen molar-refractivity contribution in [1.29, 1.82) is 0 Å². The molecular formula is C12H21N3O2. The lowest BCUT2D eigenvalue weighted by molar-refractivity contribution is 0.102. The summed E-state index contributed by atoms with van der Waals surface area (Å²) in [5.74, 6) is 1.41. The molecule has 0 aromatic carbocycles. The van der Waals surface area contributed by atoms with Crippen LogP contribution in [-0.2, 0) is 13.0 Å². The van der Waals surface area contributed by atoms with E-state index in [1.165, 1.54) is 12.8 Å². The minimum Gasteiger partial charge on any atom is -0.424 e. The summed E-state index contributed by atoms with van der Waals surface area (Å²) in [5.41, 5.74) is 0. The van der Waals surface area contributed by atoms with Crippen LogP contribution in [0.4, 0.5) is 0 Å². The van der Waals surface area contributed by atoms with Gasteiger partial charge in [0.05, 0.1) is 6.54 Å². The Hall–Kier alpha value is -0.940. The van der Waals surface area contributed by atoms with Gasteiger partial charge < -0.3 is 9.52 Å². The molecule has 1 fully saturated rings. The molecule has 0 saturated carbocycles. The summed E-state index contributed by atoms with van der Waals surface area (Å²) >= 11 is 0. The molecular weight excluding hydrogens is 218 g/mol. The Morgan fingerprint density at radius 2 is 2.18 bits per heavy atom. The highest BCUT2D eigenvalue weighted by Gasteiger charge is 2.23. The van der Waals surface area contributed by atoms with Gasteiger partial charge in [0.15, 0.2) is 0 Å². The maximum absolute atomic E-state index is 9.07. The molecule has 1 aliphatic rings. The second-order valence-electron chi connectivity index (χ2n) is 4.58. The Bertz CT molecular complexity index is 338. The quantitative estimate of drug-likeness (QED) is 0.840. The molecule has 1 unspecified atom stereocenters. The monoisotopic (exact) mass is 239 g/mol. The number of nitrogens with zero attached hydrogens (tertiary/aromatic N) is 3. The van der Waals surface area contributed by atoms with Gasteiger partial charge >= 0.3 is 0 Å². The average Bonchev–Trinajstić information content (AvgIpc) is 2.80. The molecule has 2 heterocycles. The van der Waals surface area contributed by atoms with Crippen molar-refractivity contribution in [3.05, 3.63) is 11.8 Å². The molecule has 17 heavy (non-hydrogen) atoms. The van der Waals surface area contributed by atoms with E-state index in [-0.39, 0.29) is 6.61 Å². The van der Waals surface area contributed by atoms with Gasteiger partial charge in [-0.2, -0.15) is 0 Å². The van der Waals surface area contributed by atoms with Crippen LogP contribution in [0.25, 0.3) is 0 Å². The lowest BCUT2D eigenvalue weighted by Crippen LogP contribution is -2.39. The van der Waals surface area contributed by atoms with E-state index in [1.54, 1.807) is 0 Å². The van der Waals surface area contributed by atoms with Gasteiger partial charge in [0.25, 0.3) is 0 Å². The normalized spacial score (nSPS) is 21.9. The van der Waals surface area contributed by atoms with Gasteiger partial charge in [0, 0.05) is 19.1 Å². The van der Waals surface area contributed by atoms with E-state index in [4.69, 9.17) is 9.52 Å².